The van der Waals surface area contributed by atoms with Crippen LogP contribution in [0.1, 0.15) is 96.5 Å². The first-order chi connectivity index (χ1) is 20.5. The van der Waals surface area contributed by atoms with Crippen molar-refractivity contribution < 1.29 is 8.42 Å². The molecule has 0 bridgehead atoms. The van der Waals surface area contributed by atoms with Gasteiger partial charge in [-0.05, 0) is 76.6 Å². The van der Waals surface area contributed by atoms with E-state index >= 15 is 0 Å². The van der Waals surface area contributed by atoms with E-state index in [1.54, 1.807) is 47.0 Å². The summed E-state index contributed by atoms with van der Waals surface area (Å²) in [6.07, 6.45) is 11.9. The molecule has 1 saturated heterocycles. The van der Waals surface area contributed by atoms with Crippen molar-refractivity contribution in [1.29, 1.82) is 5.41 Å². The summed E-state index contributed by atoms with van der Waals surface area (Å²) < 4.78 is 30.9. The molecule has 1 saturated carbocycles. The number of amidine groups is 1. The minimum absolute atomic E-state index is 0.0756. The van der Waals surface area contributed by atoms with Crippen LogP contribution < -0.4 is 21.3 Å². The maximum atomic E-state index is 14.0. The Balaban J connectivity index is 1.43. The number of nitrogens with zero attached hydrogens (tertiary/aromatic N) is 2. The molecular weight excluding hydrogens is 560 g/mol. The monoisotopic (exact) mass is 606 g/mol. The lowest BCUT2D eigenvalue weighted by Crippen LogP contribution is -2.50. The topological polar surface area (TPSA) is 143 Å². The Hall–Kier alpha value is -3.24. The molecule has 5 N–H and O–H groups in total. The SMILES string of the molecule is CC1CCCC(C)(CCCCCn2c(=O)c(-c3cccc(C(=N)N)c3)nc3ccc(NS(=O)(=O)C4CCCCC4)cc32)N1. The van der Waals surface area contributed by atoms with Crippen LogP contribution in [0.3, 0.4) is 0 Å². The highest BCUT2D eigenvalue weighted by molar-refractivity contribution is 7.93. The third-order valence-electron chi connectivity index (χ3n) is 9.22. The number of anilines is 1. The molecule has 232 valence electrons. The molecule has 2 aliphatic rings. The highest BCUT2D eigenvalue weighted by Crippen LogP contribution is 2.29. The van der Waals surface area contributed by atoms with Crippen molar-refractivity contribution in [3.8, 4) is 11.3 Å². The van der Waals surface area contributed by atoms with Gasteiger partial charge < -0.3 is 15.6 Å². The second kappa shape index (κ2) is 13.2. The number of hydrogen-bond acceptors (Lipinski definition) is 6. The summed E-state index contributed by atoms with van der Waals surface area (Å²) in [7, 11) is -3.53. The van der Waals surface area contributed by atoms with Crippen LogP contribution in [-0.4, -0.2) is 40.6 Å². The van der Waals surface area contributed by atoms with Gasteiger partial charge in [-0.15, -0.1) is 0 Å². The van der Waals surface area contributed by atoms with E-state index < -0.39 is 15.3 Å². The number of piperidine rings is 1. The number of nitrogens with two attached hydrogens (primary N) is 1. The normalized spacial score (nSPS) is 21.6. The molecule has 2 fully saturated rings. The highest BCUT2D eigenvalue weighted by atomic mass is 32.2. The minimum atomic E-state index is -3.53. The van der Waals surface area contributed by atoms with Crippen LogP contribution in [-0.2, 0) is 16.6 Å². The van der Waals surface area contributed by atoms with E-state index in [1.165, 1.54) is 19.3 Å². The van der Waals surface area contributed by atoms with E-state index in [-0.39, 0.29) is 16.9 Å². The number of aryl methyl sites for hydroxylation is 1. The quantitative estimate of drug-likeness (QED) is 0.122. The van der Waals surface area contributed by atoms with Crippen molar-refractivity contribution in [3.05, 3.63) is 58.4 Å². The number of rotatable bonds is 11. The Morgan fingerprint density at radius 3 is 2.63 bits per heavy atom. The lowest BCUT2D eigenvalue weighted by Gasteiger charge is -2.39. The van der Waals surface area contributed by atoms with E-state index in [4.69, 9.17) is 16.1 Å². The van der Waals surface area contributed by atoms with Crippen LogP contribution in [0.25, 0.3) is 22.3 Å². The van der Waals surface area contributed by atoms with Gasteiger partial charge in [-0.3, -0.25) is 14.9 Å². The van der Waals surface area contributed by atoms with E-state index in [2.05, 4.69) is 23.9 Å². The summed E-state index contributed by atoms with van der Waals surface area (Å²) >= 11 is 0. The van der Waals surface area contributed by atoms with Crippen molar-refractivity contribution in [2.45, 2.75) is 114 Å². The fourth-order valence-corrected chi connectivity index (χ4v) is 8.44. The molecule has 0 spiro atoms. The molecule has 3 aromatic rings. The predicted octanol–water partition coefficient (Wildman–Crippen LogP) is 5.90. The molecular formula is C33H46N6O3S. The molecule has 2 aromatic carbocycles. The average molecular weight is 607 g/mol. The molecule has 2 heterocycles. The molecule has 9 nitrogen and oxygen atoms in total. The van der Waals surface area contributed by atoms with Crippen LogP contribution in [0.15, 0.2) is 47.3 Å². The first-order valence-electron chi connectivity index (χ1n) is 15.8. The van der Waals surface area contributed by atoms with Crippen LogP contribution >= 0.6 is 0 Å². The molecule has 43 heavy (non-hydrogen) atoms. The van der Waals surface area contributed by atoms with Gasteiger partial charge in [-0.1, -0.05) is 56.7 Å². The first-order valence-corrected chi connectivity index (χ1v) is 17.4. The molecule has 1 aromatic heterocycles. The Labute approximate surface area is 255 Å². The zero-order valence-corrected chi connectivity index (χ0v) is 26.3. The lowest BCUT2D eigenvalue weighted by atomic mass is 9.84. The number of nitrogen functional groups attached to an aromatic ring is 1. The summed E-state index contributed by atoms with van der Waals surface area (Å²) in [4.78, 5) is 18.7. The van der Waals surface area contributed by atoms with Crippen LogP contribution in [0.5, 0.6) is 0 Å². The van der Waals surface area contributed by atoms with Crippen molar-refractivity contribution in [2.24, 2.45) is 5.73 Å². The largest absolute Gasteiger partial charge is 0.384 e. The number of aromatic nitrogens is 2. The van der Waals surface area contributed by atoms with Gasteiger partial charge in [0, 0.05) is 29.3 Å². The van der Waals surface area contributed by atoms with Gasteiger partial charge in [0.25, 0.3) is 5.56 Å². The van der Waals surface area contributed by atoms with Crippen LogP contribution in [0, 0.1) is 5.41 Å². The number of unbranched alkanes of at least 4 members (excludes halogenated alkanes) is 2. The number of hydrogen-bond donors (Lipinski definition) is 4. The molecule has 2 unspecified atom stereocenters. The molecule has 1 aliphatic carbocycles. The number of fused-ring (bicyclic) bond motifs is 1. The third-order valence-corrected chi connectivity index (χ3v) is 11.1. The smallest absolute Gasteiger partial charge is 0.277 e. The summed E-state index contributed by atoms with van der Waals surface area (Å²) in [6.45, 7) is 5.07. The maximum Gasteiger partial charge on any atom is 0.277 e. The fourth-order valence-electron chi connectivity index (χ4n) is 6.87. The third kappa shape index (κ3) is 7.47. The summed E-state index contributed by atoms with van der Waals surface area (Å²) in [5.74, 6) is -0.0756. The van der Waals surface area contributed by atoms with Crippen molar-refractivity contribution in [2.75, 3.05) is 4.72 Å². The van der Waals surface area contributed by atoms with Crippen molar-refractivity contribution >= 4 is 32.6 Å². The standard InChI is InChI=1S/C33H46N6O3S/c1-23-11-10-19-33(2,37-23)18-7-4-8-20-39-29-22-26(38-43(41,42)27-14-5-3-6-15-27)16-17-28(29)36-30(32(39)40)24-12-9-13-25(21-24)31(34)35/h9,12-13,16-17,21-23,27,37-38H,3-8,10-11,14-15,18-20H2,1-2H3,(H3,34,35). The van der Waals surface area contributed by atoms with Crippen molar-refractivity contribution in [3.63, 3.8) is 0 Å². The first kappa shape index (κ1) is 31.2. The molecule has 10 heteroatoms. The average Bonchev–Trinajstić information content (AvgIpc) is 2.98. The van der Waals surface area contributed by atoms with Gasteiger partial charge in [0.05, 0.1) is 22.0 Å². The Bertz CT molecular complexity index is 1630. The van der Waals surface area contributed by atoms with E-state index in [9.17, 15) is 13.2 Å². The number of benzene rings is 2. The summed E-state index contributed by atoms with van der Waals surface area (Å²) in [5.41, 5.74) is 8.72. The van der Waals surface area contributed by atoms with E-state index in [0.29, 0.717) is 59.0 Å². The molecule has 1 aliphatic heterocycles. The summed E-state index contributed by atoms with van der Waals surface area (Å²) in [5, 5.41) is 11.2. The highest BCUT2D eigenvalue weighted by Gasteiger charge is 2.29. The summed E-state index contributed by atoms with van der Waals surface area (Å²) in [6, 6.07) is 12.8. The minimum Gasteiger partial charge on any atom is -0.384 e. The second-order valence-electron chi connectivity index (χ2n) is 12.8. The Kier molecular flexibility index (Phi) is 9.56. The Morgan fingerprint density at radius 1 is 1.09 bits per heavy atom. The maximum absolute atomic E-state index is 14.0. The van der Waals surface area contributed by atoms with E-state index in [1.807, 2.05) is 0 Å². The molecule has 0 radical (unpaired) electrons. The number of nitrogens with one attached hydrogen (secondary N) is 3. The van der Waals surface area contributed by atoms with Gasteiger partial charge in [0.15, 0.2) is 0 Å². The lowest BCUT2D eigenvalue weighted by molar-refractivity contribution is 0.214. The second-order valence-corrected chi connectivity index (χ2v) is 14.8. The number of sulfonamides is 1. The van der Waals surface area contributed by atoms with Gasteiger partial charge >= 0.3 is 0 Å². The van der Waals surface area contributed by atoms with Crippen LogP contribution in [0.4, 0.5) is 5.69 Å². The van der Waals surface area contributed by atoms with Crippen molar-refractivity contribution in [1.82, 2.24) is 14.9 Å². The van der Waals surface area contributed by atoms with Gasteiger partial charge in [-0.2, -0.15) is 0 Å². The zero-order chi connectivity index (χ0) is 30.6. The van der Waals surface area contributed by atoms with Gasteiger partial charge in [0.2, 0.25) is 10.0 Å². The molecule has 0 amide bonds. The fraction of sp³-hybridized carbons (Fsp3) is 0.545. The molecule has 5 rings (SSSR count). The van der Waals surface area contributed by atoms with Gasteiger partial charge in [-0.25, -0.2) is 13.4 Å². The van der Waals surface area contributed by atoms with Crippen LogP contribution in [0.2, 0.25) is 0 Å². The van der Waals surface area contributed by atoms with Gasteiger partial charge in [0.1, 0.15) is 11.5 Å². The zero-order valence-electron chi connectivity index (χ0n) is 25.5. The molecule has 2 atom stereocenters. The van der Waals surface area contributed by atoms with E-state index in [0.717, 1.165) is 44.9 Å². The predicted molar refractivity (Wildman–Crippen MR) is 175 cm³/mol. The Morgan fingerprint density at radius 2 is 1.88 bits per heavy atom.